The Hall–Kier alpha value is -2.44. The van der Waals surface area contributed by atoms with Gasteiger partial charge in [-0.3, -0.25) is 4.98 Å². The number of hydrogen-bond acceptors (Lipinski definition) is 7. The largest absolute Gasteiger partial charge is 0.357 e. The number of nitrogens with one attached hydrogen (secondary N) is 2. The van der Waals surface area contributed by atoms with Gasteiger partial charge in [-0.2, -0.15) is 15.0 Å². The second-order valence-electron chi connectivity index (χ2n) is 4.94. The zero-order valence-corrected chi connectivity index (χ0v) is 12.1. The summed E-state index contributed by atoms with van der Waals surface area (Å²) in [5.41, 5.74) is 1.14. The van der Waals surface area contributed by atoms with E-state index in [1.54, 1.807) is 12.4 Å². The Bertz CT molecular complexity index is 581. The quantitative estimate of drug-likeness (QED) is 0.862. The molecular formula is C14H19N7. The lowest BCUT2D eigenvalue weighted by atomic mass is 10.3. The topological polar surface area (TPSA) is 78.9 Å². The minimum absolute atomic E-state index is 0.587. The van der Waals surface area contributed by atoms with E-state index in [1.807, 2.05) is 19.2 Å². The minimum atomic E-state index is 0.587. The number of nitrogens with zero attached hydrogens (tertiary/aromatic N) is 5. The summed E-state index contributed by atoms with van der Waals surface area (Å²) in [5.74, 6) is 1.92. The summed E-state index contributed by atoms with van der Waals surface area (Å²) in [6.45, 7) is 2.68. The smallest absolute Gasteiger partial charge is 0.231 e. The highest BCUT2D eigenvalue weighted by atomic mass is 15.3. The summed E-state index contributed by atoms with van der Waals surface area (Å²) in [4.78, 5) is 19.5. The lowest BCUT2D eigenvalue weighted by molar-refractivity contribution is 0.878. The molecular weight excluding hydrogens is 266 g/mol. The van der Waals surface area contributed by atoms with Crippen LogP contribution in [0.4, 0.5) is 17.8 Å². The molecule has 2 aromatic heterocycles. The third kappa shape index (κ3) is 3.36. The molecule has 1 fully saturated rings. The first-order valence-corrected chi connectivity index (χ1v) is 7.17. The van der Waals surface area contributed by atoms with E-state index in [1.165, 1.54) is 12.8 Å². The SMILES string of the molecule is CNc1nc(NCc2ccncc2)nc(N2CCCC2)n1. The fourth-order valence-electron chi connectivity index (χ4n) is 2.30. The lowest BCUT2D eigenvalue weighted by Gasteiger charge is -2.16. The van der Waals surface area contributed by atoms with Gasteiger partial charge in [-0.05, 0) is 30.5 Å². The molecule has 1 saturated heterocycles. The van der Waals surface area contributed by atoms with E-state index >= 15 is 0 Å². The Morgan fingerprint density at radius 3 is 2.48 bits per heavy atom. The Morgan fingerprint density at radius 1 is 1.05 bits per heavy atom. The Morgan fingerprint density at radius 2 is 1.76 bits per heavy atom. The minimum Gasteiger partial charge on any atom is -0.357 e. The second-order valence-corrected chi connectivity index (χ2v) is 4.94. The van der Waals surface area contributed by atoms with Crippen molar-refractivity contribution in [1.82, 2.24) is 19.9 Å². The van der Waals surface area contributed by atoms with Gasteiger partial charge in [0.1, 0.15) is 0 Å². The summed E-state index contributed by atoms with van der Waals surface area (Å²) in [6.07, 6.45) is 5.94. The molecule has 7 heteroatoms. The lowest BCUT2D eigenvalue weighted by Crippen LogP contribution is -2.22. The van der Waals surface area contributed by atoms with Crippen molar-refractivity contribution >= 4 is 17.8 Å². The molecule has 21 heavy (non-hydrogen) atoms. The van der Waals surface area contributed by atoms with Crippen LogP contribution in [0.3, 0.4) is 0 Å². The van der Waals surface area contributed by atoms with Crippen LogP contribution in [0.25, 0.3) is 0 Å². The van der Waals surface area contributed by atoms with E-state index < -0.39 is 0 Å². The number of anilines is 3. The van der Waals surface area contributed by atoms with Crippen molar-refractivity contribution < 1.29 is 0 Å². The molecule has 1 aliphatic heterocycles. The Kier molecular flexibility index (Phi) is 4.09. The van der Waals surface area contributed by atoms with Gasteiger partial charge in [-0.1, -0.05) is 0 Å². The first kappa shape index (κ1) is 13.5. The molecule has 0 aromatic carbocycles. The summed E-state index contributed by atoms with van der Waals surface area (Å²) >= 11 is 0. The van der Waals surface area contributed by atoms with Crippen molar-refractivity contribution in [2.75, 3.05) is 35.7 Å². The average molecular weight is 285 g/mol. The van der Waals surface area contributed by atoms with Gasteiger partial charge in [0.05, 0.1) is 0 Å². The first-order valence-electron chi connectivity index (χ1n) is 7.17. The first-order chi connectivity index (χ1) is 10.3. The predicted octanol–water partition coefficient (Wildman–Crippen LogP) is 1.52. The van der Waals surface area contributed by atoms with Gasteiger partial charge in [0.25, 0.3) is 0 Å². The molecule has 110 valence electrons. The standard InChI is InChI=1S/C14H19N7/c1-15-12-18-13(17-10-11-4-6-16-7-5-11)20-14(19-12)21-8-2-3-9-21/h4-7H,2-3,8-10H2,1H3,(H2,15,17,18,19,20). The average Bonchev–Trinajstić information content (AvgIpc) is 3.08. The maximum absolute atomic E-state index is 4.52. The van der Waals surface area contributed by atoms with Gasteiger partial charge in [-0.15, -0.1) is 0 Å². The van der Waals surface area contributed by atoms with Crippen LogP contribution in [0.5, 0.6) is 0 Å². The van der Waals surface area contributed by atoms with E-state index in [0.717, 1.165) is 24.6 Å². The summed E-state index contributed by atoms with van der Waals surface area (Å²) < 4.78 is 0. The van der Waals surface area contributed by atoms with E-state index in [-0.39, 0.29) is 0 Å². The molecule has 0 bridgehead atoms. The molecule has 3 heterocycles. The number of aromatic nitrogens is 4. The van der Waals surface area contributed by atoms with Crippen LogP contribution in [0.15, 0.2) is 24.5 Å². The monoisotopic (exact) mass is 285 g/mol. The molecule has 0 radical (unpaired) electrons. The van der Waals surface area contributed by atoms with Gasteiger partial charge >= 0.3 is 0 Å². The molecule has 2 aromatic rings. The zero-order chi connectivity index (χ0) is 14.5. The molecule has 0 amide bonds. The molecule has 0 atom stereocenters. The van der Waals surface area contributed by atoms with Crippen LogP contribution < -0.4 is 15.5 Å². The molecule has 0 spiro atoms. The van der Waals surface area contributed by atoms with Crippen molar-refractivity contribution in [1.29, 1.82) is 0 Å². The van der Waals surface area contributed by atoms with Gasteiger partial charge in [-0.25, -0.2) is 0 Å². The molecule has 0 aliphatic carbocycles. The molecule has 3 rings (SSSR count). The highest BCUT2D eigenvalue weighted by Gasteiger charge is 2.17. The van der Waals surface area contributed by atoms with E-state index in [0.29, 0.717) is 18.4 Å². The number of rotatable bonds is 5. The highest BCUT2D eigenvalue weighted by Crippen LogP contribution is 2.18. The van der Waals surface area contributed by atoms with Crippen LogP contribution in [0.2, 0.25) is 0 Å². The van der Waals surface area contributed by atoms with Crippen LogP contribution in [-0.4, -0.2) is 40.1 Å². The zero-order valence-electron chi connectivity index (χ0n) is 12.1. The van der Waals surface area contributed by atoms with Gasteiger partial charge in [0.15, 0.2) is 0 Å². The molecule has 0 saturated carbocycles. The third-order valence-corrected chi connectivity index (χ3v) is 3.44. The van der Waals surface area contributed by atoms with E-state index in [2.05, 4.69) is 35.5 Å². The van der Waals surface area contributed by atoms with Crippen molar-refractivity contribution in [2.45, 2.75) is 19.4 Å². The molecule has 1 aliphatic rings. The highest BCUT2D eigenvalue weighted by molar-refractivity contribution is 5.44. The second kappa shape index (κ2) is 6.34. The summed E-state index contributed by atoms with van der Waals surface area (Å²) in [7, 11) is 1.82. The van der Waals surface area contributed by atoms with Gasteiger partial charge in [0, 0.05) is 39.1 Å². The van der Waals surface area contributed by atoms with Crippen LogP contribution in [-0.2, 0) is 6.54 Å². The van der Waals surface area contributed by atoms with E-state index in [9.17, 15) is 0 Å². The maximum Gasteiger partial charge on any atom is 0.231 e. The summed E-state index contributed by atoms with van der Waals surface area (Å²) in [5, 5.41) is 6.23. The Labute approximate surface area is 123 Å². The normalized spacial score (nSPS) is 14.2. The molecule has 0 unspecified atom stereocenters. The number of pyridine rings is 1. The van der Waals surface area contributed by atoms with E-state index in [4.69, 9.17) is 0 Å². The van der Waals surface area contributed by atoms with Crippen molar-refractivity contribution in [3.63, 3.8) is 0 Å². The molecule has 2 N–H and O–H groups in total. The maximum atomic E-state index is 4.52. The van der Waals surface area contributed by atoms with Crippen molar-refractivity contribution in [2.24, 2.45) is 0 Å². The van der Waals surface area contributed by atoms with Crippen LogP contribution >= 0.6 is 0 Å². The molecule has 7 nitrogen and oxygen atoms in total. The number of hydrogen-bond donors (Lipinski definition) is 2. The Balaban J connectivity index is 1.75. The van der Waals surface area contributed by atoms with Gasteiger partial charge in [0.2, 0.25) is 17.8 Å². The van der Waals surface area contributed by atoms with Crippen LogP contribution in [0, 0.1) is 0 Å². The third-order valence-electron chi connectivity index (χ3n) is 3.44. The van der Waals surface area contributed by atoms with Crippen LogP contribution in [0.1, 0.15) is 18.4 Å². The van der Waals surface area contributed by atoms with Crippen molar-refractivity contribution in [3.8, 4) is 0 Å². The van der Waals surface area contributed by atoms with Gasteiger partial charge < -0.3 is 15.5 Å². The fraction of sp³-hybridized carbons (Fsp3) is 0.429. The summed E-state index contributed by atoms with van der Waals surface area (Å²) in [6, 6.07) is 3.93. The fourth-order valence-corrected chi connectivity index (χ4v) is 2.30. The predicted molar refractivity (Wildman–Crippen MR) is 82.4 cm³/mol. The van der Waals surface area contributed by atoms with Crippen molar-refractivity contribution in [3.05, 3.63) is 30.1 Å².